The van der Waals surface area contributed by atoms with E-state index in [1.165, 1.54) is 12.5 Å². The summed E-state index contributed by atoms with van der Waals surface area (Å²) >= 11 is 0. The molecule has 3 radical (unpaired) electrons. The third-order valence-corrected chi connectivity index (χ3v) is 5.42. The van der Waals surface area contributed by atoms with Gasteiger partial charge >= 0.3 is 0 Å². The molecule has 0 spiro atoms. The Morgan fingerprint density at radius 2 is 1.73 bits per heavy atom. The second-order valence-electron chi connectivity index (χ2n) is 4.92. The Kier molecular flexibility index (Phi) is 4.01. The normalized spacial score (nSPS) is 13.6. The molecule has 0 amide bonds. The lowest BCUT2D eigenvalue weighted by atomic mass is 9.94. The molecule has 1 nitrogen and oxygen atoms in total. The molecule has 0 aliphatic heterocycles. The molecule has 0 N–H and O–H groups in total. The van der Waals surface area contributed by atoms with Gasteiger partial charge in [-0.05, 0) is 31.0 Å². The zero-order chi connectivity index (χ0) is 9.12. The molecule has 0 bridgehead atoms. The Bertz CT molecular complexity index is 116. The fraction of sp³-hybridized carbons (Fsp3) is 1.00. The van der Waals surface area contributed by atoms with Gasteiger partial charge in [0.1, 0.15) is 0 Å². The lowest BCUT2D eigenvalue weighted by molar-refractivity contribution is 0.388. The monoisotopic (exact) mass is 187 g/mol. The van der Waals surface area contributed by atoms with Crippen LogP contribution in [0.25, 0.3) is 0 Å². The average molecular weight is 187 g/mol. The van der Waals surface area contributed by atoms with E-state index in [-0.39, 0.29) is 0 Å². The minimum atomic E-state index is -1.37. The highest BCUT2D eigenvalue weighted by atomic mass is 28.4. The van der Waals surface area contributed by atoms with Crippen LogP contribution < -0.4 is 0 Å². The van der Waals surface area contributed by atoms with Crippen molar-refractivity contribution >= 4 is 18.8 Å². The van der Waals surface area contributed by atoms with Crippen LogP contribution in [0, 0.1) is 5.41 Å². The molecule has 0 saturated heterocycles. The van der Waals surface area contributed by atoms with E-state index < -0.39 is 8.32 Å². The van der Waals surface area contributed by atoms with Crippen molar-refractivity contribution in [2.24, 2.45) is 5.41 Å². The summed E-state index contributed by atoms with van der Waals surface area (Å²) in [5.41, 5.74) is 0.440. The Morgan fingerprint density at radius 3 is 2.00 bits per heavy atom. The molecule has 0 atom stereocenters. The summed E-state index contributed by atoms with van der Waals surface area (Å²) < 4.78 is 5.28. The van der Waals surface area contributed by atoms with Crippen molar-refractivity contribution in [1.82, 2.24) is 0 Å². The van der Waals surface area contributed by atoms with Crippen molar-refractivity contribution in [3.8, 4) is 0 Å². The first kappa shape index (κ1) is 11.4. The predicted octanol–water partition coefficient (Wildman–Crippen LogP) is 2.73. The SMILES string of the molecule is CC(C)(C)CC[Si](C)(C)O[Si]. The van der Waals surface area contributed by atoms with Crippen LogP contribution in [0.1, 0.15) is 27.2 Å². The van der Waals surface area contributed by atoms with Gasteiger partial charge in [0, 0.05) is 0 Å². The topological polar surface area (TPSA) is 9.23 Å². The molecule has 11 heavy (non-hydrogen) atoms. The van der Waals surface area contributed by atoms with Crippen LogP contribution in [0.3, 0.4) is 0 Å². The lowest BCUT2D eigenvalue weighted by Crippen LogP contribution is -2.30. The van der Waals surface area contributed by atoms with Crippen molar-refractivity contribution in [3.05, 3.63) is 0 Å². The summed E-state index contributed by atoms with van der Waals surface area (Å²) in [6, 6.07) is 1.22. The summed E-state index contributed by atoms with van der Waals surface area (Å²) in [4.78, 5) is 0. The molecule has 0 aliphatic carbocycles. The van der Waals surface area contributed by atoms with Gasteiger partial charge in [-0.2, -0.15) is 0 Å². The molecule has 3 heteroatoms. The highest BCUT2D eigenvalue weighted by Crippen LogP contribution is 2.25. The van der Waals surface area contributed by atoms with Gasteiger partial charge in [-0.1, -0.05) is 20.8 Å². The predicted molar refractivity (Wildman–Crippen MR) is 53.2 cm³/mol. The van der Waals surface area contributed by atoms with Crippen LogP contribution in [-0.2, 0) is 4.12 Å². The Labute approximate surface area is 75.2 Å². The van der Waals surface area contributed by atoms with Crippen molar-refractivity contribution < 1.29 is 4.12 Å². The summed E-state index contributed by atoms with van der Waals surface area (Å²) in [6.45, 7) is 11.3. The van der Waals surface area contributed by atoms with Crippen molar-refractivity contribution in [3.63, 3.8) is 0 Å². The first-order valence-corrected chi connectivity index (χ1v) is 7.64. The molecule has 0 aliphatic rings. The van der Waals surface area contributed by atoms with Gasteiger partial charge in [-0.3, -0.25) is 0 Å². The Morgan fingerprint density at radius 1 is 1.27 bits per heavy atom. The summed E-state index contributed by atoms with van der Waals surface area (Å²) in [5.74, 6) is 0. The number of hydrogen-bond donors (Lipinski definition) is 0. The zero-order valence-electron chi connectivity index (χ0n) is 8.32. The van der Waals surface area contributed by atoms with Gasteiger partial charge in [0.25, 0.3) is 0 Å². The van der Waals surface area contributed by atoms with Gasteiger partial charge in [0.2, 0.25) is 10.5 Å². The van der Waals surface area contributed by atoms with E-state index in [0.717, 1.165) is 0 Å². The van der Waals surface area contributed by atoms with Gasteiger partial charge < -0.3 is 4.12 Å². The number of hydrogen-bond acceptors (Lipinski definition) is 1. The van der Waals surface area contributed by atoms with E-state index in [1.54, 1.807) is 0 Å². The first-order chi connectivity index (χ1) is 4.77. The van der Waals surface area contributed by atoms with E-state index >= 15 is 0 Å². The highest BCUT2D eigenvalue weighted by molar-refractivity contribution is 6.73. The van der Waals surface area contributed by atoms with Crippen molar-refractivity contribution in [2.75, 3.05) is 0 Å². The van der Waals surface area contributed by atoms with Crippen molar-refractivity contribution in [2.45, 2.75) is 46.3 Å². The van der Waals surface area contributed by atoms with Crippen LogP contribution in [0.2, 0.25) is 19.1 Å². The molecule has 0 unspecified atom stereocenters. The molecular weight excluding hydrogens is 168 g/mol. The van der Waals surface area contributed by atoms with Crippen LogP contribution >= 0.6 is 0 Å². The van der Waals surface area contributed by atoms with Crippen molar-refractivity contribution in [1.29, 1.82) is 0 Å². The van der Waals surface area contributed by atoms with Crippen LogP contribution in [-0.4, -0.2) is 18.8 Å². The zero-order valence-corrected chi connectivity index (χ0v) is 10.3. The molecule has 0 heterocycles. The van der Waals surface area contributed by atoms with Gasteiger partial charge in [0.05, 0.1) is 0 Å². The molecule has 0 aromatic rings. The quantitative estimate of drug-likeness (QED) is 0.617. The molecule has 0 aromatic heterocycles. The summed E-state index contributed by atoms with van der Waals surface area (Å²) in [5, 5.41) is 0. The first-order valence-electron chi connectivity index (χ1n) is 4.12. The maximum atomic E-state index is 5.28. The molecule has 0 rings (SSSR count). The molecule has 65 valence electrons. The van der Waals surface area contributed by atoms with Gasteiger partial charge in [0.15, 0.2) is 8.32 Å². The summed E-state index contributed by atoms with van der Waals surface area (Å²) in [6.07, 6.45) is 1.25. The van der Waals surface area contributed by atoms with E-state index in [4.69, 9.17) is 4.12 Å². The smallest absolute Gasteiger partial charge is 0.230 e. The molecule has 0 saturated carbocycles. The highest BCUT2D eigenvalue weighted by Gasteiger charge is 2.22. The van der Waals surface area contributed by atoms with Crippen LogP contribution in [0.4, 0.5) is 0 Å². The minimum Gasteiger partial charge on any atom is -0.457 e. The van der Waals surface area contributed by atoms with Crippen LogP contribution in [0.5, 0.6) is 0 Å². The van der Waals surface area contributed by atoms with E-state index in [2.05, 4.69) is 44.4 Å². The number of rotatable bonds is 3. The van der Waals surface area contributed by atoms with E-state index in [9.17, 15) is 0 Å². The molecule has 0 fully saturated rings. The van der Waals surface area contributed by atoms with E-state index in [0.29, 0.717) is 5.41 Å². The average Bonchev–Trinajstić information content (AvgIpc) is 1.83. The molecular formula is C8H19OSi2. The van der Waals surface area contributed by atoms with Gasteiger partial charge in [-0.15, -0.1) is 0 Å². The summed E-state index contributed by atoms with van der Waals surface area (Å²) in [7, 11) is 1.77. The molecule has 0 aromatic carbocycles. The minimum absolute atomic E-state index is 0.440. The second kappa shape index (κ2) is 3.87. The maximum Gasteiger partial charge on any atom is 0.230 e. The fourth-order valence-electron chi connectivity index (χ4n) is 0.727. The third-order valence-electron chi connectivity index (χ3n) is 1.75. The van der Waals surface area contributed by atoms with E-state index in [1.807, 2.05) is 0 Å². The Balaban J connectivity index is 3.70. The largest absolute Gasteiger partial charge is 0.457 e. The lowest BCUT2D eigenvalue weighted by Gasteiger charge is -2.25. The maximum absolute atomic E-state index is 5.28. The second-order valence-corrected chi connectivity index (χ2v) is 9.76. The standard InChI is InChI=1S/C8H19OSi2/c1-8(2,3)6-7-11(4,5)9-10/h6-7H2,1-5H3. The van der Waals surface area contributed by atoms with Gasteiger partial charge in [-0.25, -0.2) is 0 Å². The third kappa shape index (κ3) is 6.78. The van der Waals surface area contributed by atoms with Crippen LogP contribution in [0.15, 0.2) is 0 Å². The fourth-order valence-corrected chi connectivity index (χ4v) is 2.49. The Hall–Kier alpha value is 0.394.